The predicted octanol–water partition coefficient (Wildman–Crippen LogP) is 2.97. The molecule has 2 rings (SSSR count). The second-order valence-electron chi connectivity index (χ2n) is 4.72. The molecular weight excluding hydrogens is 184 g/mol. The Morgan fingerprint density at radius 2 is 2.20 bits per heavy atom. The standard InChI is InChI=1S/C13H20N2/c1-10-8-12(6-7-15-10)13(14)9-11-4-2-3-5-11/h6-8,11,13H,2-5,9,14H2,1H3. The highest BCUT2D eigenvalue weighted by Gasteiger charge is 2.18. The quantitative estimate of drug-likeness (QED) is 0.822. The molecule has 0 aromatic carbocycles. The molecule has 0 spiro atoms. The van der Waals surface area contributed by atoms with Crippen molar-refractivity contribution < 1.29 is 0 Å². The number of aromatic nitrogens is 1. The highest BCUT2D eigenvalue weighted by molar-refractivity contribution is 5.19. The van der Waals surface area contributed by atoms with Crippen molar-refractivity contribution >= 4 is 0 Å². The summed E-state index contributed by atoms with van der Waals surface area (Å²) in [5.41, 5.74) is 8.52. The fourth-order valence-corrected chi connectivity index (χ4v) is 2.54. The number of nitrogens with two attached hydrogens (primary N) is 1. The molecule has 1 heterocycles. The SMILES string of the molecule is Cc1cc(C(N)CC2CCCC2)ccn1. The molecule has 1 aliphatic carbocycles. The van der Waals surface area contributed by atoms with Gasteiger partial charge in [-0.05, 0) is 37.0 Å². The number of nitrogens with zero attached hydrogens (tertiary/aromatic N) is 1. The summed E-state index contributed by atoms with van der Waals surface area (Å²) in [6.45, 7) is 2.02. The molecule has 82 valence electrons. The van der Waals surface area contributed by atoms with Crippen LogP contribution < -0.4 is 5.73 Å². The van der Waals surface area contributed by atoms with Gasteiger partial charge in [0.15, 0.2) is 0 Å². The monoisotopic (exact) mass is 204 g/mol. The van der Waals surface area contributed by atoms with E-state index >= 15 is 0 Å². The van der Waals surface area contributed by atoms with Crippen LogP contribution in [0.1, 0.15) is 49.4 Å². The average Bonchev–Trinajstić information content (AvgIpc) is 2.70. The zero-order valence-corrected chi connectivity index (χ0v) is 9.45. The molecule has 1 saturated carbocycles. The van der Waals surface area contributed by atoms with Crippen molar-refractivity contribution in [2.75, 3.05) is 0 Å². The normalized spacial score (nSPS) is 19.3. The lowest BCUT2D eigenvalue weighted by atomic mass is 9.94. The molecule has 0 saturated heterocycles. The van der Waals surface area contributed by atoms with Gasteiger partial charge in [0.2, 0.25) is 0 Å². The highest BCUT2D eigenvalue weighted by atomic mass is 14.7. The van der Waals surface area contributed by atoms with Gasteiger partial charge in [0.1, 0.15) is 0 Å². The van der Waals surface area contributed by atoms with Crippen LogP contribution in [-0.2, 0) is 0 Å². The predicted molar refractivity (Wildman–Crippen MR) is 62.5 cm³/mol. The van der Waals surface area contributed by atoms with Gasteiger partial charge >= 0.3 is 0 Å². The fourth-order valence-electron chi connectivity index (χ4n) is 2.54. The molecule has 1 atom stereocenters. The smallest absolute Gasteiger partial charge is 0.0375 e. The van der Waals surface area contributed by atoms with Crippen LogP contribution in [-0.4, -0.2) is 4.98 Å². The molecule has 0 aliphatic heterocycles. The van der Waals surface area contributed by atoms with E-state index in [4.69, 9.17) is 5.73 Å². The maximum atomic E-state index is 6.22. The van der Waals surface area contributed by atoms with Gasteiger partial charge in [0.05, 0.1) is 0 Å². The van der Waals surface area contributed by atoms with Gasteiger partial charge in [-0.25, -0.2) is 0 Å². The lowest BCUT2D eigenvalue weighted by Crippen LogP contribution is -2.14. The van der Waals surface area contributed by atoms with Gasteiger partial charge in [-0.2, -0.15) is 0 Å². The molecule has 0 bridgehead atoms. The average molecular weight is 204 g/mol. The summed E-state index contributed by atoms with van der Waals surface area (Å²) in [5.74, 6) is 0.855. The van der Waals surface area contributed by atoms with Crippen LogP contribution in [0.3, 0.4) is 0 Å². The van der Waals surface area contributed by atoms with Crippen molar-refractivity contribution in [3.05, 3.63) is 29.6 Å². The molecule has 2 nitrogen and oxygen atoms in total. The Morgan fingerprint density at radius 1 is 1.47 bits per heavy atom. The van der Waals surface area contributed by atoms with E-state index in [2.05, 4.69) is 11.1 Å². The van der Waals surface area contributed by atoms with Crippen molar-refractivity contribution in [2.24, 2.45) is 11.7 Å². The Hall–Kier alpha value is -0.890. The van der Waals surface area contributed by atoms with Crippen molar-refractivity contribution in [1.82, 2.24) is 4.98 Å². The maximum absolute atomic E-state index is 6.22. The summed E-state index contributed by atoms with van der Waals surface area (Å²) < 4.78 is 0. The van der Waals surface area contributed by atoms with Crippen LogP contribution in [0, 0.1) is 12.8 Å². The zero-order chi connectivity index (χ0) is 10.7. The number of hydrogen-bond acceptors (Lipinski definition) is 2. The van der Waals surface area contributed by atoms with E-state index in [1.165, 1.54) is 31.2 Å². The second-order valence-corrected chi connectivity index (χ2v) is 4.72. The van der Waals surface area contributed by atoms with Crippen LogP contribution >= 0.6 is 0 Å². The summed E-state index contributed by atoms with van der Waals surface area (Å²) in [6.07, 6.45) is 8.54. The maximum Gasteiger partial charge on any atom is 0.0375 e. The minimum Gasteiger partial charge on any atom is -0.324 e. The lowest BCUT2D eigenvalue weighted by molar-refractivity contribution is 0.450. The first kappa shape index (κ1) is 10.6. The number of rotatable bonds is 3. The van der Waals surface area contributed by atoms with Gasteiger partial charge in [-0.15, -0.1) is 0 Å². The number of pyridine rings is 1. The van der Waals surface area contributed by atoms with Gasteiger partial charge < -0.3 is 5.73 Å². The van der Waals surface area contributed by atoms with E-state index < -0.39 is 0 Å². The van der Waals surface area contributed by atoms with Gasteiger partial charge in [0.25, 0.3) is 0 Å². The van der Waals surface area contributed by atoms with Crippen LogP contribution in [0.4, 0.5) is 0 Å². The molecule has 2 heteroatoms. The molecule has 15 heavy (non-hydrogen) atoms. The van der Waals surface area contributed by atoms with Crippen molar-refractivity contribution in [3.63, 3.8) is 0 Å². The van der Waals surface area contributed by atoms with Crippen molar-refractivity contribution in [3.8, 4) is 0 Å². The first-order chi connectivity index (χ1) is 7.25. The number of hydrogen-bond donors (Lipinski definition) is 1. The minimum atomic E-state index is 0.204. The fraction of sp³-hybridized carbons (Fsp3) is 0.615. The molecule has 0 radical (unpaired) electrons. The summed E-state index contributed by atoms with van der Waals surface area (Å²) in [5, 5.41) is 0. The summed E-state index contributed by atoms with van der Waals surface area (Å²) in [6, 6.07) is 4.36. The Labute approximate surface area is 91.9 Å². The molecule has 1 fully saturated rings. The van der Waals surface area contributed by atoms with E-state index in [9.17, 15) is 0 Å². The molecule has 1 aromatic heterocycles. The van der Waals surface area contributed by atoms with Crippen molar-refractivity contribution in [2.45, 2.75) is 45.1 Å². The minimum absolute atomic E-state index is 0.204. The topological polar surface area (TPSA) is 38.9 Å². The molecule has 2 N–H and O–H groups in total. The largest absolute Gasteiger partial charge is 0.324 e. The Bertz CT molecular complexity index is 316. The third kappa shape index (κ3) is 2.78. The second kappa shape index (κ2) is 4.75. The van der Waals surface area contributed by atoms with Crippen molar-refractivity contribution in [1.29, 1.82) is 0 Å². The summed E-state index contributed by atoms with van der Waals surface area (Å²) in [4.78, 5) is 4.20. The zero-order valence-electron chi connectivity index (χ0n) is 9.45. The first-order valence-electron chi connectivity index (χ1n) is 5.94. The summed E-state index contributed by atoms with van der Waals surface area (Å²) in [7, 11) is 0. The van der Waals surface area contributed by atoms with Crippen LogP contribution in [0.5, 0.6) is 0 Å². The van der Waals surface area contributed by atoms with Crippen LogP contribution in [0.2, 0.25) is 0 Å². The highest BCUT2D eigenvalue weighted by Crippen LogP contribution is 2.31. The van der Waals surface area contributed by atoms with E-state index in [1.807, 2.05) is 19.2 Å². The van der Waals surface area contributed by atoms with Crippen LogP contribution in [0.25, 0.3) is 0 Å². The Kier molecular flexibility index (Phi) is 3.37. The lowest BCUT2D eigenvalue weighted by Gasteiger charge is -2.16. The van der Waals surface area contributed by atoms with Gasteiger partial charge in [-0.1, -0.05) is 25.7 Å². The van der Waals surface area contributed by atoms with E-state index in [-0.39, 0.29) is 6.04 Å². The Balaban J connectivity index is 1.97. The third-order valence-electron chi connectivity index (χ3n) is 3.41. The Morgan fingerprint density at radius 3 is 2.87 bits per heavy atom. The van der Waals surface area contributed by atoms with Crippen LogP contribution in [0.15, 0.2) is 18.3 Å². The van der Waals surface area contributed by atoms with Gasteiger partial charge in [-0.3, -0.25) is 4.98 Å². The van der Waals surface area contributed by atoms with E-state index in [0.29, 0.717) is 0 Å². The third-order valence-corrected chi connectivity index (χ3v) is 3.41. The molecule has 1 aliphatic rings. The van der Waals surface area contributed by atoms with E-state index in [0.717, 1.165) is 18.0 Å². The number of aryl methyl sites for hydroxylation is 1. The molecular formula is C13H20N2. The molecule has 1 aromatic rings. The van der Waals surface area contributed by atoms with E-state index in [1.54, 1.807) is 0 Å². The molecule has 0 amide bonds. The molecule has 1 unspecified atom stereocenters. The first-order valence-corrected chi connectivity index (χ1v) is 5.94. The summed E-state index contributed by atoms with van der Waals surface area (Å²) >= 11 is 0. The van der Waals surface area contributed by atoms with Gasteiger partial charge in [0, 0.05) is 17.9 Å².